The summed E-state index contributed by atoms with van der Waals surface area (Å²) in [4.78, 5) is 25.4. The van der Waals surface area contributed by atoms with Crippen molar-refractivity contribution < 1.29 is 4.79 Å². The summed E-state index contributed by atoms with van der Waals surface area (Å²) >= 11 is 0. The van der Waals surface area contributed by atoms with Gasteiger partial charge in [-0.25, -0.2) is 0 Å². The van der Waals surface area contributed by atoms with E-state index in [1.54, 1.807) is 16.8 Å². The van der Waals surface area contributed by atoms with Crippen LogP contribution in [-0.2, 0) is 11.3 Å². The number of hydrogen-bond donors (Lipinski definition) is 0. The third-order valence-electron chi connectivity index (χ3n) is 2.81. The molecular formula is C14H22N2O2. The summed E-state index contributed by atoms with van der Waals surface area (Å²) < 4.78 is 1.58. The summed E-state index contributed by atoms with van der Waals surface area (Å²) in [5.41, 5.74) is -0.0529. The van der Waals surface area contributed by atoms with Crippen LogP contribution >= 0.6 is 0 Å². The Morgan fingerprint density at radius 2 is 1.89 bits per heavy atom. The van der Waals surface area contributed by atoms with E-state index in [1.807, 2.05) is 11.0 Å². The lowest BCUT2D eigenvalue weighted by Gasteiger charge is -2.21. The van der Waals surface area contributed by atoms with Crippen LogP contribution in [0.2, 0.25) is 0 Å². The van der Waals surface area contributed by atoms with E-state index in [2.05, 4.69) is 13.8 Å². The van der Waals surface area contributed by atoms with Crippen LogP contribution in [0.3, 0.4) is 0 Å². The van der Waals surface area contributed by atoms with Crippen molar-refractivity contribution in [3.05, 3.63) is 34.7 Å². The van der Waals surface area contributed by atoms with Gasteiger partial charge < -0.3 is 9.47 Å². The second-order valence-electron chi connectivity index (χ2n) is 4.36. The van der Waals surface area contributed by atoms with Crippen molar-refractivity contribution in [3.8, 4) is 0 Å². The molecule has 0 unspecified atom stereocenters. The zero-order valence-corrected chi connectivity index (χ0v) is 11.3. The topological polar surface area (TPSA) is 42.3 Å². The monoisotopic (exact) mass is 250 g/mol. The van der Waals surface area contributed by atoms with Gasteiger partial charge in [0.1, 0.15) is 0 Å². The van der Waals surface area contributed by atoms with Crippen LogP contribution in [0.5, 0.6) is 0 Å². The SMILES string of the molecule is CCCN(CCC)C(=O)CCn1ccccc1=O. The highest BCUT2D eigenvalue weighted by atomic mass is 16.2. The van der Waals surface area contributed by atoms with E-state index in [0.717, 1.165) is 25.9 Å². The van der Waals surface area contributed by atoms with Crippen molar-refractivity contribution in [2.24, 2.45) is 0 Å². The number of rotatable bonds is 7. The van der Waals surface area contributed by atoms with Crippen LogP contribution in [0.25, 0.3) is 0 Å². The Kier molecular flexibility index (Phi) is 6.19. The minimum Gasteiger partial charge on any atom is -0.343 e. The van der Waals surface area contributed by atoms with Crippen LogP contribution in [0.4, 0.5) is 0 Å². The zero-order chi connectivity index (χ0) is 13.4. The molecule has 4 heteroatoms. The fraction of sp³-hybridized carbons (Fsp3) is 0.571. The van der Waals surface area contributed by atoms with Gasteiger partial charge in [0.2, 0.25) is 5.91 Å². The molecule has 0 aliphatic heterocycles. The molecule has 1 aromatic rings. The minimum atomic E-state index is -0.0529. The van der Waals surface area contributed by atoms with E-state index in [-0.39, 0.29) is 11.5 Å². The van der Waals surface area contributed by atoms with Gasteiger partial charge in [-0.1, -0.05) is 19.9 Å². The van der Waals surface area contributed by atoms with Gasteiger partial charge in [-0.05, 0) is 18.9 Å². The first-order chi connectivity index (χ1) is 8.69. The van der Waals surface area contributed by atoms with E-state index in [4.69, 9.17) is 0 Å². The molecule has 0 saturated heterocycles. The van der Waals surface area contributed by atoms with E-state index in [1.165, 1.54) is 6.07 Å². The first-order valence-corrected chi connectivity index (χ1v) is 6.62. The first-order valence-electron chi connectivity index (χ1n) is 6.62. The van der Waals surface area contributed by atoms with Crippen LogP contribution < -0.4 is 5.56 Å². The summed E-state index contributed by atoms with van der Waals surface area (Å²) in [6.07, 6.45) is 4.05. The normalized spacial score (nSPS) is 10.3. The van der Waals surface area contributed by atoms with Crippen molar-refractivity contribution in [1.29, 1.82) is 0 Å². The second-order valence-corrected chi connectivity index (χ2v) is 4.36. The van der Waals surface area contributed by atoms with Crippen LogP contribution in [0, 0.1) is 0 Å². The maximum absolute atomic E-state index is 12.0. The Labute approximate surface area is 108 Å². The van der Waals surface area contributed by atoms with Gasteiger partial charge in [-0.3, -0.25) is 9.59 Å². The molecule has 1 aromatic heterocycles. The van der Waals surface area contributed by atoms with Gasteiger partial charge in [0.25, 0.3) is 5.56 Å². The van der Waals surface area contributed by atoms with Gasteiger partial charge in [0.05, 0.1) is 0 Å². The number of hydrogen-bond acceptors (Lipinski definition) is 2. The lowest BCUT2D eigenvalue weighted by atomic mass is 10.3. The van der Waals surface area contributed by atoms with Crippen molar-refractivity contribution in [2.75, 3.05) is 13.1 Å². The predicted molar refractivity (Wildman–Crippen MR) is 72.5 cm³/mol. The van der Waals surface area contributed by atoms with E-state index >= 15 is 0 Å². The zero-order valence-electron chi connectivity index (χ0n) is 11.3. The molecule has 0 fully saturated rings. The Hall–Kier alpha value is -1.58. The number of amides is 1. The van der Waals surface area contributed by atoms with Crippen LogP contribution in [-0.4, -0.2) is 28.5 Å². The average molecular weight is 250 g/mol. The molecule has 0 spiro atoms. The predicted octanol–water partition coefficient (Wildman–Crippen LogP) is 1.89. The van der Waals surface area contributed by atoms with E-state index in [0.29, 0.717) is 13.0 Å². The van der Waals surface area contributed by atoms with Crippen LogP contribution in [0.1, 0.15) is 33.1 Å². The molecule has 0 aliphatic carbocycles. The molecule has 0 N–H and O–H groups in total. The highest BCUT2D eigenvalue weighted by molar-refractivity contribution is 5.76. The van der Waals surface area contributed by atoms with Crippen molar-refractivity contribution in [1.82, 2.24) is 9.47 Å². The summed E-state index contributed by atoms with van der Waals surface area (Å²) in [6.45, 7) is 6.20. The standard InChI is InChI=1S/C14H22N2O2/c1-3-9-15(10-4-2)14(18)8-12-16-11-6-5-7-13(16)17/h5-7,11H,3-4,8-10,12H2,1-2H3. The summed E-state index contributed by atoms with van der Waals surface area (Å²) in [5.74, 6) is 0.134. The van der Waals surface area contributed by atoms with Crippen molar-refractivity contribution in [2.45, 2.75) is 39.7 Å². The smallest absolute Gasteiger partial charge is 0.250 e. The second kappa shape index (κ2) is 7.69. The number of aromatic nitrogens is 1. The van der Waals surface area contributed by atoms with Crippen LogP contribution in [0.15, 0.2) is 29.2 Å². The summed E-state index contributed by atoms with van der Waals surface area (Å²) in [5, 5.41) is 0. The number of pyridine rings is 1. The third-order valence-corrected chi connectivity index (χ3v) is 2.81. The molecule has 0 aliphatic rings. The average Bonchev–Trinajstić information content (AvgIpc) is 2.37. The van der Waals surface area contributed by atoms with E-state index < -0.39 is 0 Å². The van der Waals surface area contributed by atoms with Gasteiger partial charge in [0.15, 0.2) is 0 Å². The maximum Gasteiger partial charge on any atom is 0.250 e. The number of carbonyl (C=O) groups excluding carboxylic acids is 1. The molecule has 0 bridgehead atoms. The molecule has 1 rings (SSSR count). The molecule has 0 saturated carbocycles. The quantitative estimate of drug-likeness (QED) is 0.741. The summed E-state index contributed by atoms with van der Waals surface area (Å²) in [6, 6.07) is 5.03. The Balaban J connectivity index is 2.54. The molecule has 1 heterocycles. The Morgan fingerprint density at radius 3 is 2.44 bits per heavy atom. The molecule has 1 amide bonds. The lowest BCUT2D eigenvalue weighted by molar-refractivity contribution is -0.131. The van der Waals surface area contributed by atoms with Crippen molar-refractivity contribution in [3.63, 3.8) is 0 Å². The lowest BCUT2D eigenvalue weighted by Crippen LogP contribution is -2.33. The Morgan fingerprint density at radius 1 is 1.22 bits per heavy atom. The first kappa shape index (κ1) is 14.5. The third kappa shape index (κ3) is 4.35. The van der Waals surface area contributed by atoms with Gasteiger partial charge >= 0.3 is 0 Å². The molecule has 0 aromatic carbocycles. The highest BCUT2D eigenvalue weighted by Crippen LogP contribution is 2.00. The van der Waals surface area contributed by atoms with Gasteiger partial charge in [0, 0.05) is 38.3 Å². The number of nitrogens with zero attached hydrogens (tertiary/aromatic N) is 2. The fourth-order valence-corrected chi connectivity index (χ4v) is 1.92. The number of carbonyl (C=O) groups is 1. The van der Waals surface area contributed by atoms with Gasteiger partial charge in [-0.2, -0.15) is 0 Å². The fourth-order valence-electron chi connectivity index (χ4n) is 1.92. The maximum atomic E-state index is 12.0. The molecule has 18 heavy (non-hydrogen) atoms. The minimum absolute atomic E-state index is 0.0529. The molecule has 100 valence electrons. The molecule has 4 nitrogen and oxygen atoms in total. The number of aryl methyl sites for hydroxylation is 1. The largest absolute Gasteiger partial charge is 0.343 e. The van der Waals surface area contributed by atoms with Gasteiger partial charge in [-0.15, -0.1) is 0 Å². The highest BCUT2D eigenvalue weighted by Gasteiger charge is 2.11. The molecule has 0 atom stereocenters. The molecular weight excluding hydrogens is 228 g/mol. The van der Waals surface area contributed by atoms with E-state index in [9.17, 15) is 9.59 Å². The molecule has 0 radical (unpaired) electrons. The van der Waals surface area contributed by atoms with Crippen molar-refractivity contribution >= 4 is 5.91 Å². The Bertz CT molecular complexity index is 420. The summed E-state index contributed by atoms with van der Waals surface area (Å²) in [7, 11) is 0.